The Kier molecular flexibility index (Phi) is 8.19. The number of hydrogen-bond donors (Lipinski definition) is 1. The van der Waals surface area contributed by atoms with E-state index in [9.17, 15) is 0 Å². The Morgan fingerprint density at radius 2 is 2.27 bits per heavy atom. The molecule has 0 spiro atoms. The summed E-state index contributed by atoms with van der Waals surface area (Å²) in [6, 6.07) is 0.652. The molecule has 0 bridgehead atoms. The van der Waals surface area contributed by atoms with Crippen molar-refractivity contribution in [3.63, 3.8) is 0 Å². The normalized spacial score (nSPS) is 14.1. The zero-order valence-electron chi connectivity index (χ0n) is 7.76. The van der Waals surface area contributed by atoms with Crippen molar-refractivity contribution in [2.45, 2.75) is 26.3 Å². The Morgan fingerprint density at radius 3 is 2.82 bits per heavy atom. The van der Waals surface area contributed by atoms with Gasteiger partial charge < -0.3 is 5.32 Å². The van der Waals surface area contributed by atoms with Crippen molar-refractivity contribution in [2.75, 3.05) is 18.6 Å². The van der Waals surface area contributed by atoms with Gasteiger partial charge in [-0.05, 0) is 32.3 Å². The molecule has 0 aliphatic heterocycles. The largest absolute Gasteiger partial charge is 0.311 e. The van der Waals surface area contributed by atoms with Gasteiger partial charge in [0.15, 0.2) is 0 Å². The third-order valence-corrected chi connectivity index (χ3v) is 2.22. The zero-order chi connectivity index (χ0) is 8.53. The van der Waals surface area contributed by atoms with Crippen molar-refractivity contribution >= 4 is 11.8 Å². The van der Waals surface area contributed by atoms with Crippen LogP contribution in [0.3, 0.4) is 0 Å². The van der Waals surface area contributed by atoms with E-state index in [4.69, 9.17) is 0 Å². The van der Waals surface area contributed by atoms with E-state index in [0.717, 1.165) is 6.54 Å². The standard InChI is InChI=1S/C9H19NS/c1-4-5-7-10-9(2)6-8-11-3/h4-5,9-10H,6-8H2,1-3H3/b5-4+. The topological polar surface area (TPSA) is 12.0 Å². The van der Waals surface area contributed by atoms with Gasteiger partial charge >= 0.3 is 0 Å². The molecule has 1 N–H and O–H groups in total. The zero-order valence-corrected chi connectivity index (χ0v) is 8.58. The first-order chi connectivity index (χ1) is 5.31. The van der Waals surface area contributed by atoms with Crippen molar-refractivity contribution in [1.29, 1.82) is 0 Å². The summed E-state index contributed by atoms with van der Waals surface area (Å²) < 4.78 is 0. The van der Waals surface area contributed by atoms with Crippen molar-refractivity contribution in [1.82, 2.24) is 5.32 Å². The first-order valence-electron chi connectivity index (χ1n) is 4.14. The van der Waals surface area contributed by atoms with Gasteiger partial charge in [-0.1, -0.05) is 12.2 Å². The van der Waals surface area contributed by atoms with Gasteiger partial charge in [0.2, 0.25) is 0 Å². The van der Waals surface area contributed by atoms with Crippen LogP contribution in [0.5, 0.6) is 0 Å². The van der Waals surface area contributed by atoms with Crippen molar-refractivity contribution < 1.29 is 0 Å². The number of allylic oxidation sites excluding steroid dienone is 1. The molecule has 0 saturated heterocycles. The van der Waals surface area contributed by atoms with Gasteiger partial charge in [0.1, 0.15) is 0 Å². The van der Waals surface area contributed by atoms with Crippen molar-refractivity contribution in [2.24, 2.45) is 0 Å². The molecule has 66 valence electrons. The van der Waals surface area contributed by atoms with Crippen LogP contribution in [-0.2, 0) is 0 Å². The molecule has 1 atom stereocenters. The second kappa shape index (κ2) is 8.15. The third kappa shape index (κ3) is 7.95. The van der Waals surface area contributed by atoms with Crippen LogP contribution in [-0.4, -0.2) is 24.6 Å². The lowest BCUT2D eigenvalue weighted by atomic mass is 10.2. The van der Waals surface area contributed by atoms with Crippen LogP contribution in [0.1, 0.15) is 20.3 Å². The molecule has 1 unspecified atom stereocenters. The van der Waals surface area contributed by atoms with E-state index in [2.05, 4.69) is 30.6 Å². The summed E-state index contributed by atoms with van der Waals surface area (Å²) in [5.74, 6) is 1.25. The van der Waals surface area contributed by atoms with E-state index in [0.29, 0.717) is 6.04 Å². The summed E-state index contributed by atoms with van der Waals surface area (Å²) >= 11 is 1.91. The molecule has 0 aliphatic carbocycles. The van der Waals surface area contributed by atoms with Gasteiger partial charge in [-0.25, -0.2) is 0 Å². The van der Waals surface area contributed by atoms with Gasteiger partial charge in [0.25, 0.3) is 0 Å². The molecule has 0 fully saturated rings. The Hall–Kier alpha value is 0.0500. The Bertz CT molecular complexity index is 102. The van der Waals surface area contributed by atoms with Gasteiger partial charge in [-0.3, -0.25) is 0 Å². The van der Waals surface area contributed by atoms with Crippen molar-refractivity contribution in [3.05, 3.63) is 12.2 Å². The molecule has 0 radical (unpaired) electrons. The van der Waals surface area contributed by atoms with E-state index in [1.807, 2.05) is 18.7 Å². The quantitative estimate of drug-likeness (QED) is 0.619. The van der Waals surface area contributed by atoms with E-state index in [1.54, 1.807) is 0 Å². The molecule has 0 aliphatic rings. The average Bonchev–Trinajstić information content (AvgIpc) is 2.01. The molecule has 11 heavy (non-hydrogen) atoms. The maximum atomic E-state index is 3.42. The lowest BCUT2D eigenvalue weighted by molar-refractivity contribution is 0.571. The van der Waals surface area contributed by atoms with Crippen LogP contribution in [0.25, 0.3) is 0 Å². The van der Waals surface area contributed by atoms with E-state index < -0.39 is 0 Å². The molecule has 0 rings (SSSR count). The first-order valence-corrected chi connectivity index (χ1v) is 5.54. The second-order valence-electron chi connectivity index (χ2n) is 2.66. The highest BCUT2D eigenvalue weighted by Gasteiger charge is 1.96. The molecular weight excluding hydrogens is 154 g/mol. The van der Waals surface area contributed by atoms with Gasteiger partial charge in [-0.15, -0.1) is 0 Å². The highest BCUT2D eigenvalue weighted by molar-refractivity contribution is 7.98. The number of hydrogen-bond acceptors (Lipinski definition) is 2. The summed E-state index contributed by atoms with van der Waals surface area (Å²) in [6.07, 6.45) is 7.64. The summed E-state index contributed by atoms with van der Waals surface area (Å²) in [5, 5.41) is 3.42. The minimum Gasteiger partial charge on any atom is -0.311 e. The number of thioether (sulfide) groups is 1. The number of nitrogens with one attached hydrogen (secondary N) is 1. The maximum absolute atomic E-state index is 3.42. The van der Waals surface area contributed by atoms with Crippen LogP contribution >= 0.6 is 11.8 Å². The minimum absolute atomic E-state index is 0.652. The van der Waals surface area contributed by atoms with E-state index >= 15 is 0 Å². The fourth-order valence-electron chi connectivity index (χ4n) is 0.784. The Labute approximate surface area is 74.6 Å². The fourth-order valence-corrected chi connectivity index (χ4v) is 1.37. The maximum Gasteiger partial charge on any atom is 0.0137 e. The molecular formula is C9H19NS. The molecule has 0 aromatic rings. The first kappa shape index (κ1) is 11.1. The third-order valence-electron chi connectivity index (χ3n) is 1.57. The highest BCUT2D eigenvalue weighted by atomic mass is 32.2. The molecule has 0 heterocycles. The predicted molar refractivity (Wildman–Crippen MR) is 55.3 cm³/mol. The Balaban J connectivity index is 3.15. The number of rotatable bonds is 6. The lowest BCUT2D eigenvalue weighted by Crippen LogP contribution is -2.26. The van der Waals surface area contributed by atoms with Crippen LogP contribution in [0.2, 0.25) is 0 Å². The van der Waals surface area contributed by atoms with Gasteiger partial charge in [0.05, 0.1) is 0 Å². The molecule has 0 saturated carbocycles. The minimum atomic E-state index is 0.652. The second-order valence-corrected chi connectivity index (χ2v) is 3.65. The predicted octanol–water partition coefficient (Wildman–Crippen LogP) is 2.29. The summed E-state index contributed by atoms with van der Waals surface area (Å²) in [6.45, 7) is 5.29. The molecule has 2 heteroatoms. The summed E-state index contributed by atoms with van der Waals surface area (Å²) in [5.41, 5.74) is 0. The monoisotopic (exact) mass is 173 g/mol. The van der Waals surface area contributed by atoms with E-state index in [1.165, 1.54) is 12.2 Å². The van der Waals surface area contributed by atoms with Gasteiger partial charge in [-0.2, -0.15) is 11.8 Å². The van der Waals surface area contributed by atoms with E-state index in [-0.39, 0.29) is 0 Å². The van der Waals surface area contributed by atoms with Crippen LogP contribution in [0.15, 0.2) is 12.2 Å². The van der Waals surface area contributed by atoms with Crippen LogP contribution < -0.4 is 5.32 Å². The molecule has 1 nitrogen and oxygen atoms in total. The summed E-state index contributed by atoms with van der Waals surface area (Å²) in [7, 11) is 0. The molecule has 0 aromatic heterocycles. The Morgan fingerprint density at radius 1 is 1.55 bits per heavy atom. The highest BCUT2D eigenvalue weighted by Crippen LogP contribution is 1.98. The fraction of sp³-hybridized carbons (Fsp3) is 0.778. The average molecular weight is 173 g/mol. The van der Waals surface area contributed by atoms with Gasteiger partial charge in [0, 0.05) is 12.6 Å². The van der Waals surface area contributed by atoms with Crippen LogP contribution in [0, 0.1) is 0 Å². The lowest BCUT2D eigenvalue weighted by Gasteiger charge is -2.10. The molecule has 0 amide bonds. The molecule has 0 aromatic carbocycles. The summed E-state index contributed by atoms with van der Waals surface area (Å²) in [4.78, 5) is 0. The van der Waals surface area contributed by atoms with Crippen LogP contribution in [0.4, 0.5) is 0 Å². The SMILES string of the molecule is C/C=C/CNC(C)CCSC. The van der Waals surface area contributed by atoms with Crippen molar-refractivity contribution in [3.8, 4) is 0 Å². The smallest absolute Gasteiger partial charge is 0.0137 e.